The molecule has 1 aromatic carbocycles. The Balaban J connectivity index is 2.14. The number of nitrogens with zero attached hydrogens (tertiary/aromatic N) is 2. The maximum Gasteiger partial charge on any atom is 0.292 e. The summed E-state index contributed by atoms with van der Waals surface area (Å²) in [5, 5.41) is 14.4. The molecule has 0 bridgehead atoms. The molecule has 3 N–H and O–H groups in total. The minimum Gasteiger partial charge on any atom is -0.393 e. The quantitative estimate of drug-likeness (QED) is 0.458. The van der Waals surface area contributed by atoms with Crippen LogP contribution in [0.5, 0.6) is 0 Å². The first-order valence-corrected chi connectivity index (χ1v) is 7.64. The first-order chi connectivity index (χ1) is 10.1. The van der Waals surface area contributed by atoms with E-state index < -0.39 is 4.92 Å². The Morgan fingerprint density at radius 2 is 2.33 bits per heavy atom. The fourth-order valence-electron chi connectivity index (χ4n) is 2.76. The predicted octanol–water partition coefficient (Wildman–Crippen LogP) is 2.54. The predicted molar refractivity (Wildman–Crippen MR) is 85.7 cm³/mol. The number of nitro benzene ring substituents is 1. The fourth-order valence-corrected chi connectivity index (χ4v) is 2.76. The molecule has 1 saturated heterocycles. The van der Waals surface area contributed by atoms with Gasteiger partial charge in [-0.15, -0.1) is 0 Å². The second-order valence-electron chi connectivity index (χ2n) is 5.59. The van der Waals surface area contributed by atoms with Gasteiger partial charge < -0.3 is 16.0 Å². The number of nitrogens with two attached hydrogens (primary N) is 1. The van der Waals surface area contributed by atoms with E-state index in [-0.39, 0.29) is 11.4 Å². The Bertz CT molecular complexity index is 487. The van der Waals surface area contributed by atoms with Gasteiger partial charge in [0.15, 0.2) is 0 Å². The Kier molecular flexibility index (Phi) is 5.38. The van der Waals surface area contributed by atoms with Crippen molar-refractivity contribution in [3.63, 3.8) is 0 Å². The fraction of sp³-hybridized carbons (Fsp3) is 0.600. The van der Waals surface area contributed by atoms with E-state index in [4.69, 9.17) is 5.73 Å². The number of nitrogens with one attached hydrogen (secondary N) is 1. The molecule has 6 nitrogen and oxygen atoms in total. The summed E-state index contributed by atoms with van der Waals surface area (Å²) in [5.41, 5.74) is 7.00. The van der Waals surface area contributed by atoms with Crippen molar-refractivity contribution in [2.45, 2.75) is 38.6 Å². The van der Waals surface area contributed by atoms with Crippen LogP contribution in [0.25, 0.3) is 0 Å². The van der Waals surface area contributed by atoms with Gasteiger partial charge >= 0.3 is 0 Å². The van der Waals surface area contributed by atoms with Gasteiger partial charge in [0, 0.05) is 30.9 Å². The van der Waals surface area contributed by atoms with Gasteiger partial charge in [0.05, 0.1) is 4.92 Å². The van der Waals surface area contributed by atoms with Gasteiger partial charge in [0.2, 0.25) is 0 Å². The minimum absolute atomic E-state index is 0.0202. The van der Waals surface area contributed by atoms with Crippen LogP contribution >= 0.6 is 0 Å². The van der Waals surface area contributed by atoms with Crippen molar-refractivity contribution in [1.82, 2.24) is 5.32 Å². The van der Waals surface area contributed by atoms with Crippen molar-refractivity contribution in [2.24, 2.45) is 0 Å². The summed E-state index contributed by atoms with van der Waals surface area (Å²) < 4.78 is 0. The van der Waals surface area contributed by atoms with Gasteiger partial charge in [-0.05, 0) is 37.9 Å². The molecule has 1 aliphatic heterocycles. The molecular formula is C15H24N4O2. The molecule has 0 radical (unpaired) electrons. The van der Waals surface area contributed by atoms with Gasteiger partial charge in [-0.2, -0.15) is 0 Å². The minimum atomic E-state index is -0.436. The topological polar surface area (TPSA) is 84.4 Å². The lowest BCUT2D eigenvalue weighted by Crippen LogP contribution is -2.38. The van der Waals surface area contributed by atoms with Crippen LogP contribution in [0.1, 0.15) is 32.6 Å². The molecule has 1 fully saturated rings. The third-order valence-corrected chi connectivity index (χ3v) is 3.96. The van der Waals surface area contributed by atoms with E-state index in [9.17, 15) is 10.1 Å². The van der Waals surface area contributed by atoms with Crippen LogP contribution in [-0.2, 0) is 0 Å². The Morgan fingerprint density at radius 3 is 2.90 bits per heavy atom. The van der Waals surface area contributed by atoms with E-state index in [0.29, 0.717) is 6.04 Å². The average Bonchev–Trinajstić information content (AvgIpc) is 2.95. The Morgan fingerprint density at radius 1 is 1.52 bits per heavy atom. The van der Waals surface area contributed by atoms with E-state index >= 15 is 0 Å². The SMILES string of the molecule is CCCCN(CC1CCCN1)c1ccc([N+](=O)[O-])c(N)c1. The van der Waals surface area contributed by atoms with Crippen molar-refractivity contribution >= 4 is 17.1 Å². The number of anilines is 2. The monoisotopic (exact) mass is 292 g/mol. The molecule has 6 heteroatoms. The van der Waals surface area contributed by atoms with Crippen molar-refractivity contribution in [2.75, 3.05) is 30.3 Å². The largest absolute Gasteiger partial charge is 0.393 e. The number of unbranched alkanes of at least 4 members (excludes halogenated alkanes) is 1. The molecule has 1 aromatic rings. The number of hydrogen-bond donors (Lipinski definition) is 2. The summed E-state index contributed by atoms with van der Waals surface area (Å²) in [6, 6.07) is 5.53. The van der Waals surface area contributed by atoms with Crippen LogP contribution in [0.2, 0.25) is 0 Å². The lowest BCUT2D eigenvalue weighted by Gasteiger charge is -2.28. The number of rotatable bonds is 7. The van der Waals surface area contributed by atoms with Crippen molar-refractivity contribution in [3.8, 4) is 0 Å². The van der Waals surface area contributed by atoms with Crippen LogP contribution in [0.3, 0.4) is 0 Å². The zero-order chi connectivity index (χ0) is 15.2. The molecule has 1 aliphatic rings. The van der Waals surface area contributed by atoms with Crippen molar-refractivity contribution in [1.29, 1.82) is 0 Å². The molecular weight excluding hydrogens is 268 g/mol. The highest BCUT2D eigenvalue weighted by Gasteiger charge is 2.19. The first-order valence-electron chi connectivity index (χ1n) is 7.64. The molecule has 116 valence electrons. The van der Waals surface area contributed by atoms with Crippen LogP contribution in [0.4, 0.5) is 17.1 Å². The third kappa shape index (κ3) is 4.07. The molecule has 0 amide bonds. The van der Waals surface area contributed by atoms with E-state index in [1.165, 1.54) is 18.9 Å². The number of hydrogen-bond acceptors (Lipinski definition) is 5. The molecule has 0 spiro atoms. The van der Waals surface area contributed by atoms with E-state index in [1.807, 2.05) is 0 Å². The molecule has 0 aromatic heterocycles. The summed E-state index contributed by atoms with van der Waals surface area (Å²) in [6.45, 7) is 5.12. The highest BCUT2D eigenvalue weighted by atomic mass is 16.6. The molecule has 1 heterocycles. The second-order valence-corrected chi connectivity index (χ2v) is 5.59. The average molecular weight is 292 g/mol. The molecule has 2 rings (SSSR count). The summed E-state index contributed by atoms with van der Waals surface area (Å²) in [4.78, 5) is 12.7. The first kappa shape index (κ1) is 15.6. The van der Waals surface area contributed by atoms with Crippen molar-refractivity contribution < 1.29 is 4.92 Å². The van der Waals surface area contributed by atoms with Crippen LogP contribution in [0, 0.1) is 10.1 Å². The maximum absolute atomic E-state index is 10.9. The second kappa shape index (κ2) is 7.26. The van der Waals surface area contributed by atoms with Crippen LogP contribution < -0.4 is 16.0 Å². The van der Waals surface area contributed by atoms with Crippen molar-refractivity contribution in [3.05, 3.63) is 28.3 Å². The summed E-state index contributed by atoms with van der Waals surface area (Å²) in [6.07, 6.45) is 4.63. The summed E-state index contributed by atoms with van der Waals surface area (Å²) in [5.74, 6) is 0. The van der Waals surface area contributed by atoms with Crippen LogP contribution in [0.15, 0.2) is 18.2 Å². The maximum atomic E-state index is 10.9. The van der Waals surface area contributed by atoms with Gasteiger partial charge in [-0.3, -0.25) is 10.1 Å². The Hall–Kier alpha value is -1.82. The number of benzene rings is 1. The standard InChI is InChI=1S/C15H24N4O2/c1-2-3-9-18(11-12-5-4-8-17-12)13-6-7-15(19(20)21)14(16)10-13/h6-7,10,12,17H,2-5,8-9,11,16H2,1H3. The van der Waals surface area contributed by atoms with E-state index in [1.54, 1.807) is 12.1 Å². The Labute approximate surface area is 125 Å². The molecule has 21 heavy (non-hydrogen) atoms. The lowest BCUT2D eigenvalue weighted by atomic mass is 10.1. The van der Waals surface area contributed by atoms with Gasteiger partial charge in [-0.1, -0.05) is 13.3 Å². The molecule has 1 unspecified atom stereocenters. The molecule has 1 atom stereocenters. The summed E-state index contributed by atoms with van der Waals surface area (Å²) in [7, 11) is 0. The lowest BCUT2D eigenvalue weighted by molar-refractivity contribution is -0.383. The van der Waals surface area contributed by atoms with Gasteiger partial charge in [0.25, 0.3) is 5.69 Å². The van der Waals surface area contributed by atoms with Gasteiger partial charge in [0.1, 0.15) is 5.69 Å². The highest BCUT2D eigenvalue weighted by molar-refractivity contribution is 5.66. The van der Waals surface area contributed by atoms with Gasteiger partial charge in [-0.25, -0.2) is 0 Å². The third-order valence-electron chi connectivity index (χ3n) is 3.96. The smallest absolute Gasteiger partial charge is 0.292 e. The van der Waals surface area contributed by atoms with Crippen LogP contribution in [-0.4, -0.2) is 30.6 Å². The zero-order valence-electron chi connectivity index (χ0n) is 12.5. The van der Waals surface area contributed by atoms with E-state index in [2.05, 4.69) is 17.1 Å². The molecule has 0 aliphatic carbocycles. The number of nitro groups is 1. The molecule has 0 saturated carbocycles. The zero-order valence-corrected chi connectivity index (χ0v) is 12.5. The normalized spacial score (nSPS) is 17.9. The van der Waals surface area contributed by atoms with E-state index in [0.717, 1.165) is 38.2 Å². The summed E-state index contributed by atoms with van der Waals surface area (Å²) >= 11 is 0. The number of nitrogen functional groups attached to an aromatic ring is 1. The highest BCUT2D eigenvalue weighted by Crippen LogP contribution is 2.27.